The van der Waals surface area contributed by atoms with Crippen molar-refractivity contribution in [2.75, 3.05) is 17.2 Å². The first-order chi connectivity index (χ1) is 10.2. The molecule has 3 rings (SSSR count). The van der Waals surface area contributed by atoms with Gasteiger partial charge in [0.2, 0.25) is 0 Å². The second-order valence-corrected chi connectivity index (χ2v) is 5.19. The molecule has 6 heteroatoms. The van der Waals surface area contributed by atoms with Gasteiger partial charge in [-0.15, -0.1) is 0 Å². The molecule has 1 aromatic carbocycles. The maximum absolute atomic E-state index is 11.8. The van der Waals surface area contributed by atoms with E-state index in [2.05, 4.69) is 33.2 Å². The van der Waals surface area contributed by atoms with Crippen molar-refractivity contribution >= 4 is 17.5 Å². The number of fused-ring (bicyclic) bond motifs is 1. The fourth-order valence-electron chi connectivity index (χ4n) is 2.46. The van der Waals surface area contributed by atoms with Crippen LogP contribution in [0.15, 0.2) is 34.9 Å². The van der Waals surface area contributed by atoms with E-state index in [9.17, 15) is 4.79 Å². The molecule has 0 unspecified atom stereocenters. The monoisotopic (exact) mass is 286 g/mol. The maximum Gasteiger partial charge on any atom is 0.320 e. The van der Waals surface area contributed by atoms with Gasteiger partial charge in [0.25, 0.3) is 0 Å². The van der Waals surface area contributed by atoms with Gasteiger partial charge >= 0.3 is 6.03 Å². The zero-order chi connectivity index (χ0) is 14.7. The molecular weight excluding hydrogens is 268 g/mol. The molecule has 0 aliphatic carbocycles. The molecule has 6 nitrogen and oxygen atoms in total. The Hall–Kier alpha value is -2.50. The van der Waals surface area contributed by atoms with Gasteiger partial charge < -0.3 is 15.2 Å². The van der Waals surface area contributed by atoms with Crippen LogP contribution in [0, 0.1) is 6.92 Å². The molecule has 0 fully saturated rings. The molecule has 21 heavy (non-hydrogen) atoms. The van der Waals surface area contributed by atoms with Crippen LogP contribution in [0.4, 0.5) is 16.3 Å². The standard InChI is InChI=1S/C15H18N4O2/c1-10-8-14(19-21-10)18-15(20)16-9-12-7-6-11-4-2-3-5-13(11)17-12/h2-5,8,12,17H,6-7,9H2,1H3,(H2,16,18,19,20)/t12-/m0/s1. The molecule has 2 heterocycles. The summed E-state index contributed by atoms with van der Waals surface area (Å²) < 4.78 is 4.89. The number of urea groups is 1. The number of nitrogens with one attached hydrogen (secondary N) is 3. The van der Waals surface area contributed by atoms with E-state index in [4.69, 9.17) is 4.52 Å². The zero-order valence-electron chi connectivity index (χ0n) is 11.8. The zero-order valence-corrected chi connectivity index (χ0v) is 11.8. The van der Waals surface area contributed by atoms with Crippen LogP contribution < -0.4 is 16.0 Å². The van der Waals surface area contributed by atoms with Crippen LogP contribution in [-0.4, -0.2) is 23.8 Å². The maximum atomic E-state index is 11.8. The highest BCUT2D eigenvalue weighted by molar-refractivity contribution is 5.88. The normalized spacial score (nSPS) is 16.7. The third kappa shape index (κ3) is 3.34. The molecule has 0 bridgehead atoms. The lowest BCUT2D eigenvalue weighted by molar-refractivity contribution is 0.251. The highest BCUT2D eigenvalue weighted by Gasteiger charge is 2.17. The van der Waals surface area contributed by atoms with E-state index in [1.54, 1.807) is 13.0 Å². The van der Waals surface area contributed by atoms with Gasteiger partial charge in [0.1, 0.15) is 5.76 Å². The van der Waals surface area contributed by atoms with Crippen molar-refractivity contribution in [2.45, 2.75) is 25.8 Å². The molecule has 1 aliphatic heterocycles. The number of anilines is 2. The quantitative estimate of drug-likeness (QED) is 0.810. The summed E-state index contributed by atoms with van der Waals surface area (Å²) in [4.78, 5) is 11.8. The van der Waals surface area contributed by atoms with Gasteiger partial charge in [-0.3, -0.25) is 5.32 Å². The smallest absolute Gasteiger partial charge is 0.320 e. The van der Waals surface area contributed by atoms with Gasteiger partial charge in [0.05, 0.1) is 0 Å². The molecule has 0 saturated heterocycles. The van der Waals surface area contributed by atoms with Crippen LogP contribution in [0.25, 0.3) is 0 Å². The summed E-state index contributed by atoms with van der Waals surface area (Å²) in [6.45, 7) is 2.34. The average molecular weight is 286 g/mol. The lowest BCUT2D eigenvalue weighted by Gasteiger charge is -2.27. The van der Waals surface area contributed by atoms with Crippen molar-refractivity contribution in [2.24, 2.45) is 0 Å². The van der Waals surface area contributed by atoms with E-state index in [0.29, 0.717) is 18.1 Å². The second-order valence-electron chi connectivity index (χ2n) is 5.19. The van der Waals surface area contributed by atoms with Gasteiger partial charge in [-0.1, -0.05) is 23.4 Å². The summed E-state index contributed by atoms with van der Waals surface area (Å²) in [5.41, 5.74) is 2.49. The van der Waals surface area contributed by atoms with Gasteiger partial charge in [0, 0.05) is 24.3 Å². The summed E-state index contributed by atoms with van der Waals surface area (Å²) in [5.74, 6) is 1.09. The predicted octanol–water partition coefficient (Wildman–Crippen LogP) is 2.53. The van der Waals surface area contributed by atoms with E-state index >= 15 is 0 Å². The highest BCUT2D eigenvalue weighted by Crippen LogP contribution is 2.23. The van der Waals surface area contributed by atoms with Gasteiger partial charge in [-0.25, -0.2) is 4.79 Å². The van der Waals surface area contributed by atoms with E-state index in [-0.39, 0.29) is 12.1 Å². The molecule has 0 radical (unpaired) electrons. The Labute approximate surface area is 122 Å². The Bertz CT molecular complexity index is 638. The molecule has 2 amide bonds. The highest BCUT2D eigenvalue weighted by atomic mass is 16.5. The number of carbonyl (C=O) groups is 1. The number of rotatable bonds is 3. The SMILES string of the molecule is Cc1cc(NC(=O)NC[C@@H]2CCc3ccccc3N2)no1. The number of hydrogen-bond donors (Lipinski definition) is 3. The van der Waals surface area contributed by atoms with Crippen LogP contribution in [0.2, 0.25) is 0 Å². The molecular formula is C15H18N4O2. The lowest BCUT2D eigenvalue weighted by atomic mass is 9.98. The number of nitrogens with zero attached hydrogens (tertiary/aromatic N) is 1. The van der Waals surface area contributed by atoms with E-state index in [1.165, 1.54) is 5.56 Å². The van der Waals surface area contributed by atoms with Crippen LogP contribution >= 0.6 is 0 Å². The predicted molar refractivity (Wildman–Crippen MR) is 80.4 cm³/mol. The molecule has 2 aromatic rings. The van der Waals surface area contributed by atoms with E-state index in [0.717, 1.165) is 18.5 Å². The summed E-state index contributed by atoms with van der Waals surface area (Å²) in [6.07, 6.45) is 2.03. The number of aryl methyl sites for hydroxylation is 2. The molecule has 1 aliphatic rings. The van der Waals surface area contributed by atoms with Crippen LogP contribution in [0.3, 0.4) is 0 Å². The topological polar surface area (TPSA) is 79.2 Å². The van der Waals surface area contributed by atoms with Gasteiger partial charge in [-0.2, -0.15) is 0 Å². The van der Waals surface area contributed by atoms with Crippen molar-refractivity contribution in [1.29, 1.82) is 0 Å². The Kier molecular flexibility index (Phi) is 3.77. The Morgan fingerprint density at radius 3 is 3.14 bits per heavy atom. The second kappa shape index (κ2) is 5.87. The minimum Gasteiger partial charge on any atom is -0.380 e. The Balaban J connectivity index is 1.49. The van der Waals surface area contributed by atoms with Crippen molar-refractivity contribution in [1.82, 2.24) is 10.5 Å². The molecule has 1 atom stereocenters. The summed E-state index contributed by atoms with van der Waals surface area (Å²) in [6, 6.07) is 9.90. The van der Waals surface area contributed by atoms with Crippen molar-refractivity contribution in [3.8, 4) is 0 Å². The summed E-state index contributed by atoms with van der Waals surface area (Å²) in [7, 11) is 0. The molecule has 3 N–H and O–H groups in total. The van der Waals surface area contributed by atoms with Gasteiger partial charge in [0.15, 0.2) is 5.82 Å². The fraction of sp³-hybridized carbons (Fsp3) is 0.333. The first-order valence-electron chi connectivity index (χ1n) is 7.03. The number of aromatic nitrogens is 1. The number of carbonyl (C=O) groups excluding carboxylic acids is 1. The van der Waals surface area contributed by atoms with Crippen LogP contribution in [-0.2, 0) is 6.42 Å². The third-order valence-corrected chi connectivity index (χ3v) is 3.52. The first-order valence-corrected chi connectivity index (χ1v) is 7.03. The Morgan fingerprint density at radius 1 is 1.48 bits per heavy atom. The molecule has 110 valence electrons. The Morgan fingerprint density at radius 2 is 2.33 bits per heavy atom. The minimum atomic E-state index is -0.274. The summed E-state index contributed by atoms with van der Waals surface area (Å²) in [5, 5.41) is 12.6. The number of amides is 2. The fourth-order valence-corrected chi connectivity index (χ4v) is 2.46. The van der Waals surface area contributed by atoms with Crippen LogP contribution in [0.1, 0.15) is 17.7 Å². The van der Waals surface area contributed by atoms with Crippen molar-refractivity contribution in [3.05, 3.63) is 41.7 Å². The summed E-state index contributed by atoms with van der Waals surface area (Å²) >= 11 is 0. The van der Waals surface area contributed by atoms with E-state index < -0.39 is 0 Å². The van der Waals surface area contributed by atoms with Crippen molar-refractivity contribution in [3.63, 3.8) is 0 Å². The molecule has 1 aromatic heterocycles. The van der Waals surface area contributed by atoms with Crippen molar-refractivity contribution < 1.29 is 9.32 Å². The van der Waals surface area contributed by atoms with Gasteiger partial charge in [-0.05, 0) is 31.4 Å². The molecule has 0 spiro atoms. The largest absolute Gasteiger partial charge is 0.380 e. The van der Waals surface area contributed by atoms with Crippen LogP contribution in [0.5, 0.6) is 0 Å². The third-order valence-electron chi connectivity index (χ3n) is 3.52. The minimum absolute atomic E-state index is 0.240. The van der Waals surface area contributed by atoms with E-state index in [1.807, 2.05) is 12.1 Å². The number of hydrogen-bond acceptors (Lipinski definition) is 4. The number of benzene rings is 1. The lowest BCUT2D eigenvalue weighted by Crippen LogP contribution is -2.40. The first kappa shape index (κ1) is 13.5. The molecule has 0 saturated carbocycles. The average Bonchev–Trinajstić information content (AvgIpc) is 2.90. The number of para-hydroxylation sites is 1.